The van der Waals surface area contributed by atoms with Gasteiger partial charge in [0.1, 0.15) is 13.2 Å². The minimum atomic E-state index is -0.0134. The standard InChI is InChI=1S/C27H56NO2/c1-6-10-13-14-15-16-17-18-19-20-23-28(21-11-7-2,22-12-8-3)24-25-30-27(29)26(5)9-4/h26H,6-25H2,1-5H3/q+1. The Morgan fingerprint density at radius 3 is 1.53 bits per heavy atom. The first-order chi connectivity index (χ1) is 14.5. The van der Waals surface area contributed by atoms with E-state index in [4.69, 9.17) is 4.74 Å². The maximum Gasteiger partial charge on any atom is 0.308 e. The summed E-state index contributed by atoms with van der Waals surface area (Å²) in [7, 11) is 0. The molecule has 0 rings (SSSR count). The molecule has 1 unspecified atom stereocenters. The van der Waals surface area contributed by atoms with E-state index in [-0.39, 0.29) is 11.9 Å². The van der Waals surface area contributed by atoms with Crippen LogP contribution in [0.5, 0.6) is 0 Å². The third-order valence-electron chi connectivity index (χ3n) is 6.78. The summed E-state index contributed by atoms with van der Waals surface area (Å²) < 4.78 is 6.81. The fourth-order valence-corrected chi connectivity index (χ4v) is 4.24. The highest BCUT2D eigenvalue weighted by atomic mass is 16.5. The molecule has 0 amide bonds. The molecule has 0 aromatic carbocycles. The second-order valence-electron chi connectivity index (χ2n) is 9.60. The van der Waals surface area contributed by atoms with Gasteiger partial charge >= 0.3 is 5.97 Å². The van der Waals surface area contributed by atoms with Crippen LogP contribution in [0, 0.1) is 5.92 Å². The molecule has 0 heterocycles. The van der Waals surface area contributed by atoms with Gasteiger partial charge in [-0.05, 0) is 32.1 Å². The lowest BCUT2D eigenvalue weighted by Crippen LogP contribution is -2.52. The van der Waals surface area contributed by atoms with Crippen molar-refractivity contribution in [1.82, 2.24) is 0 Å². The molecule has 180 valence electrons. The van der Waals surface area contributed by atoms with Crippen molar-refractivity contribution in [3.05, 3.63) is 0 Å². The Balaban J connectivity index is 4.40. The van der Waals surface area contributed by atoms with Crippen molar-refractivity contribution >= 4 is 5.97 Å². The Morgan fingerprint density at radius 1 is 0.633 bits per heavy atom. The maximum absolute atomic E-state index is 12.1. The monoisotopic (exact) mass is 426 g/mol. The van der Waals surface area contributed by atoms with Gasteiger partial charge in [-0.25, -0.2) is 0 Å². The van der Waals surface area contributed by atoms with E-state index in [0.717, 1.165) is 17.4 Å². The molecule has 1 atom stereocenters. The van der Waals surface area contributed by atoms with E-state index in [1.54, 1.807) is 0 Å². The van der Waals surface area contributed by atoms with Crippen molar-refractivity contribution in [3.63, 3.8) is 0 Å². The molecule has 0 saturated heterocycles. The van der Waals surface area contributed by atoms with E-state index in [1.165, 1.54) is 110 Å². The number of hydrogen-bond acceptors (Lipinski definition) is 2. The second kappa shape index (κ2) is 20.3. The Hall–Kier alpha value is -0.570. The second-order valence-corrected chi connectivity index (χ2v) is 9.60. The molecule has 0 N–H and O–H groups in total. The number of quaternary nitrogens is 1. The van der Waals surface area contributed by atoms with Crippen LogP contribution >= 0.6 is 0 Å². The van der Waals surface area contributed by atoms with E-state index >= 15 is 0 Å². The van der Waals surface area contributed by atoms with Crippen molar-refractivity contribution < 1.29 is 14.0 Å². The average Bonchev–Trinajstić information content (AvgIpc) is 2.76. The molecule has 0 aromatic heterocycles. The zero-order valence-electron chi connectivity index (χ0n) is 21.5. The van der Waals surface area contributed by atoms with Gasteiger partial charge in [-0.15, -0.1) is 0 Å². The van der Waals surface area contributed by atoms with Crippen LogP contribution in [0.3, 0.4) is 0 Å². The zero-order valence-corrected chi connectivity index (χ0v) is 21.5. The molecule has 0 spiro atoms. The summed E-state index contributed by atoms with van der Waals surface area (Å²) in [5.74, 6) is 0.0145. The van der Waals surface area contributed by atoms with Crippen LogP contribution in [-0.2, 0) is 9.53 Å². The Bertz CT molecular complexity index is 375. The topological polar surface area (TPSA) is 26.3 Å². The minimum Gasteiger partial charge on any atom is -0.459 e. The molecule has 0 fully saturated rings. The van der Waals surface area contributed by atoms with E-state index < -0.39 is 0 Å². The molecule has 0 aliphatic rings. The molecular weight excluding hydrogens is 370 g/mol. The number of ether oxygens (including phenoxy) is 1. The summed E-state index contributed by atoms with van der Waals surface area (Å²) in [5.41, 5.74) is 0. The van der Waals surface area contributed by atoms with Gasteiger partial charge in [0.2, 0.25) is 0 Å². The molecule has 0 aromatic rings. The van der Waals surface area contributed by atoms with Crippen LogP contribution < -0.4 is 0 Å². The van der Waals surface area contributed by atoms with Gasteiger partial charge in [0.15, 0.2) is 0 Å². The summed E-state index contributed by atoms with van der Waals surface area (Å²) >= 11 is 0. The predicted octanol–water partition coefficient (Wildman–Crippen LogP) is 7.91. The van der Waals surface area contributed by atoms with Gasteiger partial charge in [0.25, 0.3) is 0 Å². The fraction of sp³-hybridized carbons (Fsp3) is 0.963. The Morgan fingerprint density at radius 2 is 1.07 bits per heavy atom. The lowest BCUT2D eigenvalue weighted by Gasteiger charge is -2.39. The Labute approximate surface area is 189 Å². The van der Waals surface area contributed by atoms with Crippen molar-refractivity contribution in [3.8, 4) is 0 Å². The van der Waals surface area contributed by atoms with Crippen molar-refractivity contribution in [1.29, 1.82) is 0 Å². The first kappa shape index (κ1) is 29.4. The SMILES string of the molecule is CCCCCCCCCCCC[N+](CCCC)(CCCC)CCOC(=O)C(C)CC. The van der Waals surface area contributed by atoms with Crippen LogP contribution in [0.25, 0.3) is 0 Å². The summed E-state index contributed by atoms with van der Waals surface area (Å²) in [6.07, 6.45) is 19.8. The number of rotatable bonds is 22. The largest absolute Gasteiger partial charge is 0.459 e. The summed E-state index contributed by atoms with van der Waals surface area (Å²) in [6, 6.07) is 0. The van der Waals surface area contributed by atoms with Crippen molar-refractivity contribution in [2.45, 2.75) is 131 Å². The van der Waals surface area contributed by atoms with Gasteiger partial charge in [-0.1, -0.05) is 98.8 Å². The molecule has 30 heavy (non-hydrogen) atoms. The number of hydrogen-bond donors (Lipinski definition) is 0. The number of carbonyl (C=O) groups excluding carboxylic acids is 1. The molecular formula is C27H56NO2+. The number of carbonyl (C=O) groups is 1. The van der Waals surface area contributed by atoms with Gasteiger partial charge < -0.3 is 9.22 Å². The quantitative estimate of drug-likeness (QED) is 0.0998. The maximum atomic E-state index is 12.1. The van der Waals surface area contributed by atoms with E-state index in [0.29, 0.717) is 6.61 Å². The van der Waals surface area contributed by atoms with Gasteiger partial charge in [0, 0.05) is 0 Å². The lowest BCUT2D eigenvalue weighted by molar-refractivity contribution is -0.929. The normalized spacial score (nSPS) is 12.8. The molecule has 0 radical (unpaired) electrons. The van der Waals surface area contributed by atoms with Gasteiger partial charge in [-0.3, -0.25) is 4.79 Å². The van der Waals surface area contributed by atoms with Crippen LogP contribution in [0.1, 0.15) is 131 Å². The van der Waals surface area contributed by atoms with Crippen LogP contribution in [0.2, 0.25) is 0 Å². The van der Waals surface area contributed by atoms with Gasteiger partial charge in [0.05, 0.1) is 25.6 Å². The van der Waals surface area contributed by atoms with E-state index in [9.17, 15) is 4.79 Å². The average molecular weight is 427 g/mol. The minimum absolute atomic E-state index is 0.0134. The number of esters is 1. The van der Waals surface area contributed by atoms with Crippen LogP contribution in [-0.4, -0.2) is 43.2 Å². The van der Waals surface area contributed by atoms with Crippen LogP contribution in [0.15, 0.2) is 0 Å². The number of nitrogens with zero attached hydrogens (tertiary/aromatic N) is 1. The van der Waals surface area contributed by atoms with Gasteiger partial charge in [-0.2, -0.15) is 0 Å². The van der Waals surface area contributed by atoms with E-state index in [2.05, 4.69) is 27.7 Å². The highest BCUT2D eigenvalue weighted by Crippen LogP contribution is 2.17. The molecule has 3 heteroatoms. The smallest absolute Gasteiger partial charge is 0.308 e. The first-order valence-corrected chi connectivity index (χ1v) is 13.6. The molecule has 3 nitrogen and oxygen atoms in total. The Kier molecular flexibility index (Phi) is 20.0. The zero-order chi connectivity index (χ0) is 22.5. The van der Waals surface area contributed by atoms with E-state index in [1.807, 2.05) is 6.92 Å². The van der Waals surface area contributed by atoms with Crippen molar-refractivity contribution in [2.24, 2.45) is 5.92 Å². The highest BCUT2D eigenvalue weighted by Gasteiger charge is 2.26. The highest BCUT2D eigenvalue weighted by molar-refractivity contribution is 5.71. The lowest BCUT2D eigenvalue weighted by atomic mass is 10.1. The summed E-state index contributed by atoms with van der Waals surface area (Å²) in [4.78, 5) is 12.1. The molecule has 0 saturated carbocycles. The summed E-state index contributed by atoms with van der Waals surface area (Å²) in [5, 5.41) is 0. The predicted molar refractivity (Wildman–Crippen MR) is 132 cm³/mol. The molecule has 0 bridgehead atoms. The first-order valence-electron chi connectivity index (χ1n) is 13.6. The number of unbranched alkanes of at least 4 members (excludes halogenated alkanes) is 11. The van der Waals surface area contributed by atoms with Crippen LogP contribution in [0.4, 0.5) is 0 Å². The fourth-order valence-electron chi connectivity index (χ4n) is 4.24. The van der Waals surface area contributed by atoms with Crippen molar-refractivity contribution in [2.75, 3.05) is 32.8 Å². The summed E-state index contributed by atoms with van der Waals surface area (Å²) in [6.45, 7) is 16.2. The third kappa shape index (κ3) is 15.3. The molecule has 0 aliphatic heterocycles. The molecule has 0 aliphatic carbocycles. The third-order valence-corrected chi connectivity index (χ3v) is 6.78.